The molecule has 0 fully saturated rings. The maximum atomic E-state index is 13.5. The Morgan fingerprint density at radius 3 is 2.48 bits per heavy atom. The van der Waals surface area contributed by atoms with Gasteiger partial charge in [0.25, 0.3) is 0 Å². The van der Waals surface area contributed by atoms with Crippen molar-refractivity contribution in [3.63, 3.8) is 0 Å². The number of hydrogen-bond donors (Lipinski definition) is 3. The van der Waals surface area contributed by atoms with Crippen molar-refractivity contribution in [2.24, 2.45) is 5.10 Å². The van der Waals surface area contributed by atoms with Crippen LogP contribution in [0, 0.1) is 5.82 Å². The van der Waals surface area contributed by atoms with Crippen molar-refractivity contribution in [1.29, 1.82) is 0 Å². The standard InChI is InChI=1S/C15H15FN4S/c1-10(11-6-8-12(17)9-7-11)19-20-15(21)18-14-5-3-2-4-13(14)16/h2-9H,17H2,1H3,(H2,18,20,21)/b19-10-. The van der Waals surface area contributed by atoms with Gasteiger partial charge in [-0.05, 0) is 49.0 Å². The summed E-state index contributed by atoms with van der Waals surface area (Å²) in [5, 5.41) is 7.11. The highest BCUT2D eigenvalue weighted by Crippen LogP contribution is 2.12. The normalized spacial score (nSPS) is 11.0. The van der Waals surface area contributed by atoms with E-state index in [4.69, 9.17) is 18.0 Å². The summed E-state index contributed by atoms with van der Waals surface area (Å²) in [6.45, 7) is 1.84. The van der Waals surface area contributed by atoms with Gasteiger partial charge in [0.2, 0.25) is 0 Å². The lowest BCUT2D eigenvalue weighted by atomic mass is 10.1. The zero-order chi connectivity index (χ0) is 15.2. The predicted molar refractivity (Wildman–Crippen MR) is 88.8 cm³/mol. The lowest BCUT2D eigenvalue weighted by Crippen LogP contribution is -2.25. The average molecular weight is 302 g/mol. The van der Waals surface area contributed by atoms with Gasteiger partial charge in [0.1, 0.15) is 5.82 Å². The SMILES string of the molecule is C/C(=N/NC(=S)Nc1ccccc1F)c1ccc(N)cc1. The summed E-state index contributed by atoms with van der Waals surface area (Å²) in [7, 11) is 0. The van der Waals surface area contributed by atoms with Crippen LogP contribution < -0.4 is 16.5 Å². The van der Waals surface area contributed by atoms with Gasteiger partial charge < -0.3 is 11.1 Å². The quantitative estimate of drug-likeness (QED) is 0.353. The second kappa shape index (κ2) is 6.81. The molecule has 2 aromatic carbocycles. The molecule has 0 heterocycles. The Balaban J connectivity index is 1.98. The number of halogens is 1. The van der Waals surface area contributed by atoms with Gasteiger partial charge in [-0.2, -0.15) is 5.10 Å². The number of anilines is 2. The molecule has 0 spiro atoms. The molecular weight excluding hydrogens is 287 g/mol. The predicted octanol–water partition coefficient (Wildman–Crippen LogP) is 3.12. The number of para-hydroxylation sites is 1. The van der Waals surface area contributed by atoms with Crippen LogP contribution in [0.5, 0.6) is 0 Å². The maximum absolute atomic E-state index is 13.5. The topological polar surface area (TPSA) is 62.4 Å². The van der Waals surface area contributed by atoms with Crippen LogP contribution in [0.3, 0.4) is 0 Å². The molecule has 0 radical (unpaired) electrons. The molecule has 6 heteroatoms. The van der Waals surface area contributed by atoms with E-state index in [1.165, 1.54) is 6.07 Å². The van der Waals surface area contributed by atoms with Gasteiger partial charge in [-0.3, -0.25) is 5.43 Å². The van der Waals surface area contributed by atoms with Crippen LogP contribution in [-0.2, 0) is 0 Å². The van der Waals surface area contributed by atoms with E-state index in [1.54, 1.807) is 30.3 Å². The molecule has 0 atom stereocenters. The Kier molecular flexibility index (Phi) is 4.84. The van der Waals surface area contributed by atoms with Crippen molar-refractivity contribution in [3.05, 3.63) is 59.9 Å². The van der Waals surface area contributed by atoms with Crippen molar-refractivity contribution in [2.45, 2.75) is 6.92 Å². The molecule has 0 bridgehead atoms. The fourth-order valence-corrected chi connectivity index (χ4v) is 1.79. The third-order valence-corrected chi connectivity index (χ3v) is 2.97. The molecule has 0 aliphatic rings. The number of rotatable bonds is 3. The number of nitrogen functional groups attached to an aromatic ring is 1. The van der Waals surface area contributed by atoms with Gasteiger partial charge in [0, 0.05) is 5.69 Å². The first kappa shape index (κ1) is 14.9. The summed E-state index contributed by atoms with van der Waals surface area (Å²) < 4.78 is 13.5. The molecule has 0 saturated heterocycles. The lowest BCUT2D eigenvalue weighted by molar-refractivity contribution is 0.632. The lowest BCUT2D eigenvalue weighted by Gasteiger charge is -2.08. The number of hydrazone groups is 1. The summed E-state index contributed by atoms with van der Waals surface area (Å²) in [5.41, 5.74) is 11.0. The monoisotopic (exact) mass is 302 g/mol. The van der Waals surface area contributed by atoms with Gasteiger partial charge >= 0.3 is 0 Å². The number of hydrogen-bond acceptors (Lipinski definition) is 3. The smallest absolute Gasteiger partial charge is 0.191 e. The average Bonchev–Trinajstić information content (AvgIpc) is 2.48. The van der Waals surface area contributed by atoms with Crippen molar-refractivity contribution in [2.75, 3.05) is 11.1 Å². The minimum Gasteiger partial charge on any atom is -0.399 e. The molecule has 0 saturated carbocycles. The molecule has 0 unspecified atom stereocenters. The van der Waals surface area contributed by atoms with E-state index in [0.29, 0.717) is 11.4 Å². The van der Waals surface area contributed by atoms with Crippen molar-refractivity contribution < 1.29 is 4.39 Å². The third kappa shape index (κ3) is 4.25. The second-order valence-electron chi connectivity index (χ2n) is 4.36. The van der Waals surface area contributed by atoms with Crippen LogP contribution in [0.1, 0.15) is 12.5 Å². The van der Waals surface area contributed by atoms with E-state index < -0.39 is 0 Å². The Morgan fingerprint density at radius 1 is 1.14 bits per heavy atom. The summed E-state index contributed by atoms with van der Waals surface area (Å²) in [5.74, 6) is -0.374. The first-order valence-electron chi connectivity index (χ1n) is 6.28. The zero-order valence-electron chi connectivity index (χ0n) is 11.4. The maximum Gasteiger partial charge on any atom is 0.191 e. The van der Waals surface area contributed by atoms with E-state index in [2.05, 4.69) is 15.8 Å². The van der Waals surface area contributed by atoms with Crippen molar-refractivity contribution in [1.82, 2.24) is 5.43 Å². The molecule has 108 valence electrons. The van der Waals surface area contributed by atoms with Crippen molar-refractivity contribution >= 4 is 34.4 Å². The molecule has 21 heavy (non-hydrogen) atoms. The highest BCUT2D eigenvalue weighted by Gasteiger charge is 2.02. The molecule has 4 nitrogen and oxygen atoms in total. The molecule has 2 rings (SSSR count). The number of thiocarbonyl (C=S) groups is 1. The van der Waals surface area contributed by atoms with Gasteiger partial charge in [0.15, 0.2) is 5.11 Å². The molecule has 0 amide bonds. The summed E-state index contributed by atoms with van der Waals surface area (Å²) in [6.07, 6.45) is 0. The molecule has 2 aromatic rings. The van der Waals surface area contributed by atoms with E-state index in [-0.39, 0.29) is 10.9 Å². The molecular formula is C15H15FN4S. The number of benzene rings is 2. The first-order valence-corrected chi connectivity index (χ1v) is 6.69. The molecule has 0 aliphatic heterocycles. The van der Waals surface area contributed by atoms with E-state index in [9.17, 15) is 4.39 Å². The molecule has 0 aromatic heterocycles. The van der Waals surface area contributed by atoms with Gasteiger partial charge in [-0.25, -0.2) is 4.39 Å². The first-order chi connectivity index (χ1) is 10.1. The van der Waals surface area contributed by atoms with Gasteiger partial charge in [-0.15, -0.1) is 0 Å². The van der Waals surface area contributed by atoms with Gasteiger partial charge in [-0.1, -0.05) is 24.3 Å². The highest BCUT2D eigenvalue weighted by molar-refractivity contribution is 7.80. The van der Waals surface area contributed by atoms with Crippen LogP contribution in [0.25, 0.3) is 0 Å². The summed E-state index contributed by atoms with van der Waals surface area (Å²) in [6, 6.07) is 13.6. The Bertz CT molecular complexity index is 668. The highest BCUT2D eigenvalue weighted by atomic mass is 32.1. The Hall–Kier alpha value is -2.47. The molecule has 4 N–H and O–H groups in total. The van der Waals surface area contributed by atoms with Crippen molar-refractivity contribution in [3.8, 4) is 0 Å². The summed E-state index contributed by atoms with van der Waals surface area (Å²) in [4.78, 5) is 0. The number of nitrogens with two attached hydrogens (primary N) is 1. The third-order valence-electron chi connectivity index (χ3n) is 2.78. The Morgan fingerprint density at radius 2 is 1.81 bits per heavy atom. The second-order valence-corrected chi connectivity index (χ2v) is 4.77. The van der Waals surface area contributed by atoms with E-state index in [0.717, 1.165) is 11.3 Å². The molecule has 0 aliphatic carbocycles. The minimum atomic E-state index is -0.374. The van der Waals surface area contributed by atoms with Crippen LogP contribution >= 0.6 is 12.2 Å². The van der Waals surface area contributed by atoms with Gasteiger partial charge in [0.05, 0.1) is 11.4 Å². The zero-order valence-corrected chi connectivity index (χ0v) is 12.2. The number of nitrogens with zero attached hydrogens (tertiary/aromatic N) is 1. The minimum absolute atomic E-state index is 0.217. The summed E-state index contributed by atoms with van der Waals surface area (Å²) >= 11 is 5.07. The fraction of sp³-hybridized carbons (Fsp3) is 0.0667. The van der Waals surface area contributed by atoms with E-state index in [1.807, 2.05) is 19.1 Å². The van der Waals surface area contributed by atoms with Crippen LogP contribution in [0.2, 0.25) is 0 Å². The largest absolute Gasteiger partial charge is 0.399 e. The Labute approximate surface area is 127 Å². The fourth-order valence-electron chi connectivity index (χ4n) is 1.64. The number of nitrogens with one attached hydrogen (secondary N) is 2. The van der Waals surface area contributed by atoms with Crippen LogP contribution in [0.4, 0.5) is 15.8 Å². The van der Waals surface area contributed by atoms with Crippen LogP contribution in [0.15, 0.2) is 53.6 Å². The van der Waals surface area contributed by atoms with Crippen LogP contribution in [-0.4, -0.2) is 10.8 Å². The van der Waals surface area contributed by atoms with E-state index >= 15 is 0 Å².